The van der Waals surface area contributed by atoms with E-state index in [0.29, 0.717) is 0 Å². The van der Waals surface area contributed by atoms with Crippen LogP contribution in [-0.2, 0) is 20.8 Å². The highest BCUT2D eigenvalue weighted by Gasteiger charge is 2.27. The van der Waals surface area contributed by atoms with E-state index in [9.17, 15) is 18.8 Å². The first-order valence-electron chi connectivity index (χ1n) is 7.74. The Balaban J connectivity index is 2.92. The molecule has 25 heavy (non-hydrogen) atoms. The van der Waals surface area contributed by atoms with Crippen LogP contribution in [0.15, 0.2) is 24.3 Å². The van der Waals surface area contributed by atoms with Crippen LogP contribution in [0.3, 0.4) is 0 Å². The Bertz CT molecular complexity index is 687. The molecule has 3 amide bonds. The van der Waals surface area contributed by atoms with E-state index in [2.05, 4.69) is 10.6 Å². The van der Waals surface area contributed by atoms with Gasteiger partial charge in [-0.2, -0.15) is 5.26 Å². The average molecular weight is 348 g/mol. The van der Waals surface area contributed by atoms with Crippen LogP contribution >= 0.6 is 0 Å². The number of nitrogens with one attached hydrogen (secondary N) is 2. The number of primary amides is 1. The van der Waals surface area contributed by atoms with Gasteiger partial charge in [-0.25, -0.2) is 4.39 Å². The Labute approximate surface area is 145 Å². The summed E-state index contributed by atoms with van der Waals surface area (Å²) in [6.45, 7) is 2.82. The highest BCUT2D eigenvalue weighted by molar-refractivity contribution is 5.91. The van der Waals surface area contributed by atoms with Crippen molar-refractivity contribution in [1.29, 1.82) is 5.26 Å². The highest BCUT2D eigenvalue weighted by atomic mass is 19.1. The summed E-state index contributed by atoms with van der Waals surface area (Å²) < 4.78 is 13.8. The Morgan fingerprint density at radius 1 is 1.24 bits per heavy atom. The first-order valence-corrected chi connectivity index (χ1v) is 7.74. The van der Waals surface area contributed by atoms with Crippen molar-refractivity contribution in [2.24, 2.45) is 11.7 Å². The number of nitrogens with two attached hydrogens (primary N) is 1. The second kappa shape index (κ2) is 9.37. The number of nitrogens with zero attached hydrogens (tertiary/aromatic N) is 1. The van der Waals surface area contributed by atoms with Crippen LogP contribution in [0.4, 0.5) is 4.39 Å². The lowest BCUT2D eigenvalue weighted by Gasteiger charge is -2.22. The molecular formula is C17H21FN4O3. The van der Waals surface area contributed by atoms with E-state index in [-0.39, 0.29) is 18.4 Å². The fourth-order valence-electron chi connectivity index (χ4n) is 2.26. The molecule has 0 unspecified atom stereocenters. The molecule has 0 bridgehead atoms. The summed E-state index contributed by atoms with van der Waals surface area (Å²) in [6, 6.07) is 5.70. The SMILES string of the molecule is CC(=O)N[C@@H](Cc1ccccc1F)C(=O)N[C@@H](C[C@H](C)C#N)C(N)=O. The van der Waals surface area contributed by atoms with Gasteiger partial charge in [-0.3, -0.25) is 14.4 Å². The summed E-state index contributed by atoms with van der Waals surface area (Å²) in [5, 5.41) is 13.7. The van der Waals surface area contributed by atoms with Crippen LogP contribution in [0.5, 0.6) is 0 Å². The van der Waals surface area contributed by atoms with Gasteiger partial charge >= 0.3 is 0 Å². The predicted molar refractivity (Wildman–Crippen MR) is 88.2 cm³/mol. The normalized spacial score (nSPS) is 13.8. The zero-order chi connectivity index (χ0) is 19.0. The number of hydrogen-bond acceptors (Lipinski definition) is 4. The summed E-state index contributed by atoms with van der Waals surface area (Å²) in [5.74, 6) is -2.94. The third kappa shape index (κ3) is 6.59. The average Bonchev–Trinajstić information content (AvgIpc) is 2.54. The molecule has 134 valence electrons. The van der Waals surface area contributed by atoms with Crippen molar-refractivity contribution in [2.45, 2.75) is 38.8 Å². The number of nitriles is 1. The second-order valence-corrected chi connectivity index (χ2v) is 5.78. The summed E-state index contributed by atoms with van der Waals surface area (Å²) in [4.78, 5) is 35.3. The fourth-order valence-corrected chi connectivity index (χ4v) is 2.26. The van der Waals surface area contributed by atoms with Gasteiger partial charge in [-0.15, -0.1) is 0 Å². The molecule has 0 heterocycles. The van der Waals surface area contributed by atoms with E-state index in [0.717, 1.165) is 0 Å². The van der Waals surface area contributed by atoms with Gasteiger partial charge < -0.3 is 16.4 Å². The Morgan fingerprint density at radius 2 is 1.88 bits per heavy atom. The van der Waals surface area contributed by atoms with Gasteiger partial charge in [-0.05, 0) is 25.0 Å². The number of amides is 3. The summed E-state index contributed by atoms with van der Waals surface area (Å²) in [5.41, 5.74) is 5.50. The first kappa shape index (κ1) is 20.1. The third-order valence-electron chi connectivity index (χ3n) is 3.55. The molecule has 0 aliphatic carbocycles. The number of carbonyl (C=O) groups excluding carboxylic acids is 3. The van der Waals surface area contributed by atoms with E-state index in [1.54, 1.807) is 13.0 Å². The number of benzene rings is 1. The van der Waals surface area contributed by atoms with Crippen molar-refractivity contribution in [2.75, 3.05) is 0 Å². The molecule has 0 aromatic heterocycles. The number of carbonyl (C=O) groups is 3. The maximum atomic E-state index is 13.8. The van der Waals surface area contributed by atoms with E-state index in [1.807, 2.05) is 6.07 Å². The van der Waals surface area contributed by atoms with E-state index < -0.39 is 41.5 Å². The summed E-state index contributed by atoms with van der Waals surface area (Å²) in [6.07, 6.45) is -0.0402. The largest absolute Gasteiger partial charge is 0.368 e. The van der Waals surface area contributed by atoms with Gasteiger partial charge in [-0.1, -0.05) is 18.2 Å². The molecule has 0 fully saturated rings. The molecule has 7 nitrogen and oxygen atoms in total. The first-order chi connectivity index (χ1) is 11.7. The Hall–Kier alpha value is -2.95. The fraction of sp³-hybridized carbons (Fsp3) is 0.412. The molecule has 0 aliphatic heterocycles. The predicted octanol–water partition coefficient (Wildman–Crippen LogP) is 0.393. The van der Waals surface area contributed by atoms with Gasteiger partial charge in [0, 0.05) is 19.3 Å². The van der Waals surface area contributed by atoms with Crippen molar-refractivity contribution in [1.82, 2.24) is 10.6 Å². The molecule has 3 atom stereocenters. The van der Waals surface area contributed by atoms with Crippen LogP contribution in [0, 0.1) is 23.1 Å². The lowest BCUT2D eigenvalue weighted by Crippen LogP contribution is -2.53. The van der Waals surface area contributed by atoms with Crippen LogP contribution in [0.2, 0.25) is 0 Å². The lowest BCUT2D eigenvalue weighted by atomic mass is 10.0. The maximum Gasteiger partial charge on any atom is 0.243 e. The maximum absolute atomic E-state index is 13.8. The van der Waals surface area contributed by atoms with Crippen LogP contribution in [0.25, 0.3) is 0 Å². The van der Waals surface area contributed by atoms with Crippen molar-refractivity contribution in [3.63, 3.8) is 0 Å². The standard InChI is InChI=1S/C17H21FN4O3/c1-10(9-19)7-14(16(20)24)22-17(25)15(21-11(2)23)8-12-5-3-4-6-13(12)18/h3-6,10,14-15H,7-8H2,1-2H3,(H2,20,24)(H,21,23)(H,22,25)/t10-,14-,15-/m0/s1. The molecule has 1 rings (SSSR count). The molecule has 0 saturated heterocycles. The minimum Gasteiger partial charge on any atom is -0.368 e. The molecule has 0 saturated carbocycles. The molecule has 0 spiro atoms. The Morgan fingerprint density at radius 3 is 2.40 bits per heavy atom. The topological polar surface area (TPSA) is 125 Å². The highest BCUT2D eigenvalue weighted by Crippen LogP contribution is 2.10. The lowest BCUT2D eigenvalue weighted by molar-refractivity contribution is -0.131. The zero-order valence-corrected chi connectivity index (χ0v) is 14.1. The van der Waals surface area contributed by atoms with Crippen LogP contribution in [0.1, 0.15) is 25.8 Å². The van der Waals surface area contributed by atoms with Gasteiger partial charge in [0.2, 0.25) is 17.7 Å². The van der Waals surface area contributed by atoms with Crippen molar-refractivity contribution in [3.8, 4) is 6.07 Å². The molecule has 0 aliphatic rings. The molecule has 1 aromatic carbocycles. The second-order valence-electron chi connectivity index (χ2n) is 5.78. The van der Waals surface area contributed by atoms with Gasteiger partial charge in [0.15, 0.2) is 0 Å². The van der Waals surface area contributed by atoms with Crippen molar-refractivity contribution < 1.29 is 18.8 Å². The van der Waals surface area contributed by atoms with E-state index >= 15 is 0 Å². The zero-order valence-electron chi connectivity index (χ0n) is 14.1. The summed E-state index contributed by atoms with van der Waals surface area (Å²) >= 11 is 0. The van der Waals surface area contributed by atoms with Gasteiger partial charge in [0.25, 0.3) is 0 Å². The quantitative estimate of drug-likeness (QED) is 0.628. The van der Waals surface area contributed by atoms with Gasteiger partial charge in [0.1, 0.15) is 17.9 Å². The smallest absolute Gasteiger partial charge is 0.243 e. The van der Waals surface area contributed by atoms with Crippen LogP contribution < -0.4 is 16.4 Å². The third-order valence-corrected chi connectivity index (χ3v) is 3.55. The van der Waals surface area contributed by atoms with Gasteiger partial charge in [0.05, 0.1) is 6.07 Å². The summed E-state index contributed by atoms with van der Waals surface area (Å²) in [7, 11) is 0. The monoisotopic (exact) mass is 348 g/mol. The van der Waals surface area contributed by atoms with E-state index in [4.69, 9.17) is 11.0 Å². The molecule has 1 aromatic rings. The van der Waals surface area contributed by atoms with Crippen LogP contribution in [-0.4, -0.2) is 29.8 Å². The minimum atomic E-state index is -1.08. The number of hydrogen-bond donors (Lipinski definition) is 3. The molecule has 0 radical (unpaired) electrons. The minimum absolute atomic E-state index is 0.0457. The molecule has 4 N–H and O–H groups in total. The molecular weight excluding hydrogens is 327 g/mol. The van der Waals surface area contributed by atoms with E-state index in [1.165, 1.54) is 25.1 Å². The molecule has 8 heteroatoms. The number of halogens is 1. The Kier molecular flexibility index (Phi) is 7.53. The van der Waals surface area contributed by atoms with Crippen molar-refractivity contribution in [3.05, 3.63) is 35.6 Å². The number of rotatable bonds is 8. The van der Waals surface area contributed by atoms with Crippen molar-refractivity contribution >= 4 is 17.7 Å².